The number of rotatable bonds is 5. The van der Waals surface area contributed by atoms with Crippen LogP contribution in [-0.4, -0.2) is 28.6 Å². The van der Waals surface area contributed by atoms with Crippen LogP contribution in [0.4, 0.5) is 4.79 Å². The molecule has 0 aliphatic carbocycles. The van der Waals surface area contributed by atoms with E-state index in [2.05, 4.69) is 15.6 Å². The maximum absolute atomic E-state index is 11.4. The van der Waals surface area contributed by atoms with E-state index in [1.165, 1.54) is 11.3 Å². The van der Waals surface area contributed by atoms with Crippen molar-refractivity contribution in [1.29, 1.82) is 0 Å². The van der Waals surface area contributed by atoms with E-state index in [4.69, 9.17) is 5.11 Å². The molecule has 6 nitrogen and oxygen atoms in total. The van der Waals surface area contributed by atoms with Crippen molar-refractivity contribution < 1.29 is 14.7 Å². The van der Waals surface area contributed by atoms with E-state index in [9.17, 15) is 9.59 Å². The van der Waals surface area contributed by atoms with E-state index in [1.807, 2.05) is 5.38 Å². The van der Waals surface area contributed by atoms with Crippen molar-refractivity contribution in [3.05, 3.63) is 16.6 Å². The van der Waals surface area contributed by atoms with E-state index in [-0.39, 0.29) is 6.54 Å². The maximum atomic E-state index is 11.4. The number of amides is 2. The van der Waals surface area contributed by atoms with Gasteiger partial charge in [0.2, 0.25) is 0 Å². The third-order valence-corrected chi connectivity index (χ3v) is 2.82. The lowest BCUT2D eigenvalue weighted by Crippen LogP contribution is -2.43. The van der Waals surface area contributed by atoms with Gasteiger partial charge in [0.1, 0.15) is 0 Å². The summed E-state index contributed by atoms with van der Waals surface area (Å²) in [5.74, 6) is -0.947. The molecule has 94 valence electrons. The number of thiazole rings is 1. The summed E-state index contributed by atoms with van der Waals surface area (Å²) in [5, 5.41) is 15.8. The second-order valence-corrected chi connectivity index (χ2v) is 4.92. The van der Waals surface area contributed by atoms with Crippen LogP contribution < -0.4 is 10.6 Å². The van der Waals surface area contributed by atoms with Gasteiger partial charge in [-0.3, -0.25) is 4.79 Å². The Morgan fingerprint density at radius 3 is 2.71 bits per heavy atom. The Morgan fingerprint density at radius 2 is 2.18 bits per heavy atom. The van der Waals surface area contributed by atoms with Gasteiger partial charge in [0.05, 0.1) is 23.2 Å². The molecule has 0 bridgehead atoms. The van der Waals surface area contributed by atoms with Crippen molar-refractivity contribution in [2.75, 3.05) is 6.54 Å². The molecular weight excluding hydrogens is 242 g/mol. The van der Waals surface area contributed by atoms with Gasteiger partial charge >= 0.3 is 12.0 Å². The molecule has 0 aliphatic heterocycles. The summed E-state index contributed by atoms with van der Waals surface area (Å²) in [4.78, 5) is 26.2. The zero-order chi connectivity index (χ0) is 12.9. The number of carboxylic acid groups (broad SMARTS) is 1. The minimum Gasteiger partial charge on any atom is -0.481 e. The summed E-state index contributed by atoms with van der Waals surface area (Å²) in [7, 11) is 0. The molecule has 1 heterocycles. The van der Waals surface area contributed by atoms with E-state index in [0.717, 1.165) is 5.69 Å². The number of hydrogen-bond acceptors (Lipinski definition) is 4. The summed E-state index contributed by atoms with van der Waals surface area (Å²) in [5.41, 5.74) is 1.49. The fraction of sp³-hybridized carbons (Fsp3) is 0.500. The summed E-state index contributed by atoms with van der Waals surface area (Å²) < 4.78 is 0. The molecule has 3 N–H and O–H groups in total. The number of aromatic nitrogens is 1. The third-order valence-electron chi connectivity index (χ3n) is 2.18. The molecule has 0 radical (unpaired) electrons. The molecule has 0 unspecified atom stereocenters. The number of carboxylic acids is 1. The molecular formula is C10H15N3O3S. The number of nitrogens with one attached hydrogen (secondary N) is 2. The van der Waals surface area contributed by atoms with Crippen molar-refractivity contribution in [3.8, 4) is 0 Å². The van der Waals surface area contributed by atoms with Gasteiger partial charge in [0, 0.05) is 11.9 Å². The first-order chi connectivity index (χ1) is 7.92. The highest BCUT2D eigenvalue weighted by Crippen LogP contribution is 2.12. The number of aliphatic carboxylic acids is 1. The van der Waals surface area contributed by atoms with Crippen LogP contribution >= 0.6 is 11.3 Å². The number of carbonyl (C=O) groups excluding carboxylic acids is 1. The number of carbonyl (C=O) groups is 2. The van der Waals surface area contributed by atoms with Gasteiger partial charge in [0.15, 0.2) is 0 Å². The highest BCUT2D eigenvalue weighted by atomic mass is 32.1. The Labute approximate surface area is 103 Å². The molecule has 1 aromatic heterocycles. The number of urea groups is 1. The van der Waals surface area contributed by atoms with Gasteiger partial charge < -0.3 is 15.7 Å². The van der Waals surface area contributed by atoms with Crippen LogP contribution in [-0.2, 0) is 11.3 Å². The van der Waals surface area contributed by atoms with Crippen molar-refractivity contribution in [2.45, 2.75) is 20.4 Å². The standard InChI is InChI=1S/C10H15N3O3S/c1-10(2,8(14)15)5-12-9(16)11-3-7-4-17-6-13-7/h4,6H,3,5H2,1-2H3,(H,14,15)(H2,11,12,16). The van der Waals surface area contributed by atoms with Gasteiger partial charge in [-0.1, -0.05) is 0 Å². The topological polar surface area (TPSA) is 91.3 Å². The first kappa shape index (κ1) is 13.4. The van der Waals surface area contributed by atoms with Gasteiger partial charge in [0.25, 0.3) is 0 Å². The van der Waals surface area contributed by atoms with Crippen molar-refractivity contribution in [3.63, 3.8) is 0 Å². The Balaban J connectivity index is 2.28. The second kappa shape index (κ2) is 5.62. The van der Waals surface area contributed by atoms with Gasteiger partial charge in [-0.2, -0.15) is 0 Å². The molecule has 2 amide bonds. The van der Waals surface area contributed by atoms with Crippen molar-refractivity contribution in [2.24, 2.45) is 5.41 Å². The predicted octanol–water partition coefficient (Wildman–Crippen LogP) is 1.05. The lowest BCUT2D eigenvalue weighted by molar-refractivity contribution is -0.146. The van der Waals surface area contributed by atoms with Crippen molar-refractivity contribution in [1.82, 2.24) is 15.6 Å². The minimum absolute atomic E-state index is 0.0746. The molecule has 0 aliphatic rings. The van der Waals surface area contributed by atoms with Crippen LogP contribution in [0.2, 0.25) is 0 Å². The Kier molecular flexibility index (Phi) is 4.45. The largest absolute Gasteiger partial charge is 0.481 e. The third kappa shape index (κ3) is 4.39. The lowest BCUT2D eigenvalue weighted by Gasteiger charge is -2.19. The first-order valence-corrected chi connectivity index (χ1v) is 5.98. The molecule has 0 saturated carbocycles. The van der Waals surface area contributed by atoms with Crippen LogP contribution in [0.1, 0.15) is 19.5 Å². The zero-order valence-corrected chi connectivity index (χ0v) is 10.5. The quantitative estimate of drug-likeness (QED) is 0.735. The lowest BCUT2D eigenvalue weighted by atomic mass is 9.94. The van der Waals surface area contributed by atoms with E-state index >= 15 is 0 Å². The van der Waals surface area contributed by atoms with Crippen LogP contribution in [0.5, 0.6) is 0 Å². The molecule has 0 saturated heterocycles. The average Bonchev–Trinajstić information content (AvgIpc) is 2.76. The summed E-state index contributed by atoms with van der Waals surface area (Å²) in [6.45, 7) is 3.51. The molecule has 0 spiro atoms. The van der Waals surface area contributed by atoms with Gasteiger partial charge in [-0.25, -0.2) is 9.78 Å². The molecule has 17 heavy (non-hydrogen) atoms. The molecule has 0 atom stereocenters. The number of hydrogen-bond donors (Lipinski definition) is 3. The fourth-order valence-corrected chi connectivity index (χ4v) is 1.49. The average molecular weight is 257 g/mol. The monoisotopic (exact) mass is 257 g/mol. The molecule has 7 heteroatoms. The Bertz CT molecular complexity index is 390. The summed E-state index contributed by atoms with van der Waals surface area (Å²) >= 11 is 1.45. The Hall–Kier alpha value is -1.63. The van der Waals surface area contributed by atoms with E-state index in [0.29, 0.717) is 6.54 Å². The van der Waals surface area contributed by atoms with Crippen LogP contribution in [0.15, 0.2) is 10.9 Å². The molecule has 1 rings (SSSR count). The van der Waals surface area contributed by atoms with E-state index in [1.54, 1.807) is 19.4 Å². The van der Waals surface area contributed by atoms with Crippen LogP contribution in [0.25, 0.3) is 0 Å². The summed E-state index contributed by atoms with van der Waals surface area (Å²) in [6, 6.07) is -0.396. The molecule has 1 aromatic rings. The minimum atomic E-state index is -0.974. The normalized spacial score (nSPS) is 10.9. The van der Waals surface area contributed by atoms with Crippen LogP contribution in [0.3, 0.4) is 0 Å². The zero-order valence-electron chi connectivity index (χ0n) is 9.69. The van der Waals surface area contributed by atoms with Gasteiger partial charge in [-0.15, -0.1) is 11.3 Å². The van der Waals surface area contributed by atoms with E-state index < -0.39 is 17.4 Å². The predicted molar refractivity (Wildman–Crippen MR) is 63.8 cm³/mol. The number of nitrogens with zero attached hydrogens (tertiary/aromatic N) is 1. The second-order valence-electron chi connectivity index (χ2n) is 4.21. The molecule has 0 aromatic carbocycles. The first-order valence-electron chi connectivity index (χ1n) is 5.04. The smallest absolute Gasteiger partial charge is 0.315 e. The SMILES string of the molecule is CC(C)(CNC(=O)NCc1cscn1)C(=O)O. The van der Waals surface area contributed by atoms with Crippen molar-refractivity contribution >= 4 is 23.3 Å². The molecule has 0 fully saturated rings. The fourth-order valence-electron chi connectivity index (χ4n) is 0.935. The van der Waals surface area contributed by atoms with Gasteiger partial charge in [-0.05, 0) is 13.8 Å². The highest BCUT2D eigenvalue weighted by molar-refractivity contribution is 7.07. The van der Waals surface area contributed by atoms with Crippen LogP contribution in [0, 0.1) is 5.41 Å². The maximum Gasteiger partial charge on any atom is 0.315 e. The summed E-state index contributed by atoms with van der Waals surface area (Å²) in [6.07, 6.45) is 0. The Morgan fingerprint density at radius 1 is 1.47 bits per heavy atom. The highest BCUT2D eigenvalue weighted by Gasteiger charge is 2.27.